The predicted molar refractivity (Wildman–Crippen MR) is 106 cm³/mol. The molecule has 10 atom stereocenters. The van der Waals surface area contributed by atoms with Gasteiger partial charge in [0, 0.05) is 32.3 Å². The van der Waals surface area contributed by atoms with Crippen molar-refractivity contribution in [2.45, 2.75) is 71.6 Å². The van der Waals surface area contributed by atoms with E-state index in [0.717, 1.165) is 0 Å². The number of hydrogen-bond acceptors (Lipinski definition) is 7. The molecule has 2 aliphatic rings. The van der Waals surface area contributed by atoms with Crippen molar-refractivity contribution in [1.29, 1.82) is 0 Å². The van der Waals surface area contributed by atoms with E-state index in [4.69, 9.17) is 28.5 Å². The fraction of sp³-hybridized carbons (Fsp3) is 0.857. The topological polar surface area (TPSA) is 73.2 Å². The van der Waals surface area contributed by atoms with E-state index in [1.165, 1.54) is 0 Å². The first kappa shape index (κ1) is 22.5. The van der Waals surface area contributed by atoms with E-state index in [-0.39, 0.29) is 60.7 Å². The Labute approximate surface area is 173 Å². The van der Waals surface area contributed by atoms with Crippen molar-refractivity contribution in [1.82, 2.24) is 9.71 Å². The van der Waals surface area contributed by atoms with Gasteiger partial charge in [-0.25, -0.2) is 4.98 Å². The maximum atomic E-state index is 6.53. The molecule has 2 aliphatic heterocycles. The van der Waals surface area contributed by atoms with Gasteiger partial charge in [0.25, 0.3) is 0 Å². The lowest BCUT2D eigenvalue weighted by Gasteiger charge is -2.48. The standard InChI is InChI=1S/C21H36N2O6/c1-12-15(4)21(29-23-9-8-22-11-23)26-16(5)18(12)28-20-14(3)13(2)19(25-7)17(27-20)10-24-6/h8-9,11-21H,10H2,1-7H3/t12?,13?,14-,15?,16-,17?,18-,19+,20-,21-/m0/s1. The summed E-state index contributed by atoms with van der Waals surface area (Å²) in [5.41, 5.74) is 0. The highest BCUT2D eigenvalue weighted by Gasteiger charge is 2.47. The van der Waals surface area contributed by atoms with E-state index in [1.54, 1.807) is 37.7 Å². The van der Waals surface area contributed by atoms with Crippen LogP contribution in [0.4, 0.5) is 0 Å². The van der Waals surface area contributed by atoms with Crippen molar-refractivity contribution in [3.63, 3.8) is 0 Å². The molecule has 1 aromatic heterocycles. The lowest BCUT2D eigenvalue weighted by molar-refractivity contribution is -0.328. The molecule has 29 heavy (non-hydrogen) atoms. The molecule has 0 aromatic carbocycles. The van der Waals surface area contributed by atoms with Gasteiger partial charge >= 0.3 is 0 Å². The minimum absolute atomic E-state index is 0.0193. The van der Waals surface area contributed by atoms with Crippen LogP contribution < -0.4 is 4.84 Å². The highest BCUT2D eigenvalue weighted by atomic mass is 16.8. The third-order valence-electron chi connectivity index (χ3n) is 6.64. The fourth-order valence-electron chi connectivity index (χ4n) is 4.41. The van der Waals surface area contributed by atoms with Crippen molar-refractivity contribution in [3.05, 3.63) is 18.7 Å². The molecule has 3 heterocycles. The van der Waals surface area contributed by atoms with E-state index < -0.39 is 0 Å². The van der Waals surface area contributed by atoms with Crippen LogP contribution in [0.15, 0.2) is 18.7 Å². The minimum atomic E-state index is -0.364. The van der Waals surface area contributed by atoms with E-state index in [9.17, 15) is 0 Å². The van der Waals surface area contributed by atoms with Crippen molar-refractivity contribution in [2.24, 2.45) is 23.7 Å². The van der Waals surface area contributed by atoms with E-state index in [0.29, 0.717) is 6.61 Å². The summed E-state index contributed by atoms with van der Waals surface area (Å²) in [6, 6.07) is 0. The average Bonchev–Trinajstić information content (AvgIpc) is 3.20. The molecule has 0 N–H and O–H groups in total. The Morgan fingerprint density at radius 1 is 0.897 bits per heavy atom. The molecule has 0 radical (unpaired) electrons. The third-order valence-corrected chi connectivity index (χ3v) is 6.64. The monoisotopic (exact) mass is 412 g/mol. The minimum Gasteiger partial charge on any atom is -0.382 e. The second kappa shape index (κ2) is 9.75. The number of ether oxygens (including phenoxy) is 5. The quantitative estimate of drug-likeness (QED) is 0.681. The molecule has 166 valence electrons. The zero-order chi connectivity index (χ0) is 21.1. The molecule has 0 saturated carbocycles. The average molecular weight is 413 g/mol. The summed E-state index contributed by atoms with van der Waals surface area (Å²) in [6.45, 7) is 11.1. The molecule has 4 unspecified atom stereocenters. The predicted octanol–water partition coefficient (Wildman–Crippen LogP) is 2.37. The molecule has 0 amide bonds. The molecule has 8 nitrogen and oxygen atoms in total. The SMILES string of the molecule is COCC1O[C@@H](O[C@H]2C(C)C(C)[C@H](On3ccnc3)O[C@H]2C)[C@@H](C)C(C)[C@H]1OC. The zero-order valence-corrected chi connectivity index (χ0v) is 18.6. The highest BCUT2D eigenvalue weighted by molar-refractivity contribution is 4.89. The van der Waals surface area contributed by atoms with Crippen LogP contribution in [0.1, 0.15) is 34.6 Å². The maximum Gasteiger partial charge on any atom is 0.227 e. The van der Waals surface area contributed by atoms with Crippen molar-refractivity contribution >= 4 is 0 Å². The second-order valence-electron chi connectivity index (χ2n) is 8.47. The third kappa shape index (κ3) is 4.77. The van der Waals surface area contributed by atoms with Gasteiger partial charge in [0.2, 0.25) is 6.29 Å². The summed E-state index contributed by atoms with van der Waals surface area (Å²) in [5.74, 6) is 0.822. The Morgan fingerprint density at radius 3 is 2.21 bits per heavy atom. The van der Waals surface area contributed by atoms with Crippen LogP contribution in [0, 0.1) is 23.7 Å². The summed E-state index contributed by atoms with van der Waals surface area (Å²) >= 11 is 0. The Kier molecular flexibility index (Phi) is 7.56. The molecule has 1 aromatic rings. The van der Waals surface area contributed by atoms with Gasteiger partial charge in [-0.1, -0.05) is 27.7 Å². The molecule has 0 bridgehead atoms. The molecular weight excluding hydrogens is 376 g/mol. The normalized spacial score (nSPS) is 43.3. The lowest BCUT2D eigenvalue weighted by Crippen LogP contribution is -2.57. The van der Waals surface area contributed by atoms with Crippen LogP contribution in [0.3, 0.4) is 0 Å². The highest BCUT2D eigenvalue weighted by Crippen LogP contribution is 2.38. The summed E-state index contributed by atoms with van der Waals surface area (Å²) in [5, 5.41) is 0. The number of imidazole rings is 1. The Morgan fingerprint density at radius 2 is 1.59 bits per heavy atom. The molecular formula is C21H36N2O6. The maximum absolute atomic E-state index is 6.53. The smallest absolute Gasteiger partial charge is 0.227 e. The van der Waals surface area contributed by atoms with Gasteiger partial charge in [-0.05, 0) is 18.8 Å². The largest absolute Gasteiger partial charge is 0.382 e. The number of hydrogen-bond donors (Lipinski definition) is 0. The van der Waals surface area contributed by atoms with Gasteiger partial charge in [-0.3, -0.25) is 0 Å². The van der Waals surface area contributed by atoms with Crippen molar-refractivity contribution < 1.29 is 28.5 Å². The van der Waals surface area contributed by atoms with Gasteiger partial charge in [-0.2, -0.15) is 4.73 Å². The molecule has 2 saturated heterocycles. The fourth-order valence-corrected chi connectivity index (χ4v) is 4.41. The van der Waals surface area contributed by atoms with Crippen LogP contribution in [0.5, 0.6) is 0 Å². The van der Waals surface area contributed by atoms with E-state index >= 15 is 0 Å². The van der Waals surface area contributed by atoms with E-state index in [2.05, 4.69) is 32.7 Å². The van der Waals surface area contributed by atoms with Crippen LogP contribution in [0.25, 0.3) is 0 Å². The van der Waals surface area contributed by atoms with Crippen LogP contribution in [-0.4, -0.2) is 67.5 Å². The summed E-state index contributed by atoms with van der Waals surface area (Å²) in [6.07, 6.45) is 3.94. The first-order valence-corrected chi connectivity index (χ1v) is 10.5. The van der Waals surface area contributed by atoms with Gasteiger partial charge < -0.3 is 28.5 Å². The number of nitrogens with zero attached hydrogens (tertiary/aromatic N) is 2. The van der Waals surface area contributed by atoms with Crippen molar-refractivity contribution in [2.75, 3.05) is 20.8 Å². The van der Waals surface area contributed by atoms with Gasteiger partial charge in [0.05, 0.1) is 31.1 Å². The molecule has 3 rings (SSSR count). The second-order valence-corrected chi connectivity index (χ2v) is 8.47. The molecule has 0 aliphatic carbocycles. The van der Waals surface area contributed by atoms with Crippen LogP contribution in [-0.2, 0) is 23.7 Å². The first-order chi connectivity index (χ1) is 13.9. The van der Waals surface area contributed by atoms with Crippen LogP contribution >= 0.6 is 0 Å². The summed E-state index contributed by atoms with van der Waals surface area (Å²) in [4.78, 5) is 9.93. The number of rotatable bonds is 7. The zero-order valence-electron chi connectivity index (χ0n) is 18.6. The number of aromatic nitrogens is 2. The van der Waals surface area contributed by atoms with E-state index in [1.807, 2.05) is 6.92 Å². The molecule has 0 spiro atoms. The number of methoxy groups -OCH3 is 2. The Hall–Kier alpha value is -1.19. The lowest BCUT2D eigenvalue weighted by atomic mass is 9.83. The summed E-state index contributed by atoms with van der Waals surface area (Å²) < 4.78 is 31.6. The molecule has 2 fully saturated rings. The summed E-state index contributed by atoms with van der Waals surface area (Å²) in [7, 11) is 3.40. The van der Waals surface area contributed by atoms with Crippen LogP contribution in [0.2, 0.25) is 0 Å². The Bertz CT molecular complexity index is 614. The van der Waals surface area contributed by atoms with Gasteiger partial charge in [-0.15, -0.1) is 0 Å². The van der Waals surface area contributed by atoms with Gasteiger partial charge in [0.15, 0.2) is 6.29 Å². The molecule has 8 heteroatoms. The van der Waals surface area contributed by atoms with Gasteiger partial charge in [0.1, 0.15) is 12.4 Å². The van der Waals surface area contributed by atoms with Crippen molar-refractivity contribution in [3.8, 4) is 0 Å². The first-order valence-electron chi connectivity index (χ1n) is 10.5. The Balaban J connectivity index is 1.67.